The minimum atomic E-state index is -0.340. The molecule has 208 valence electrons. The van der Waals surface area contributed by atoms with Crippen LogP contribution in [0.5, 0.6) is 0 Å². The molecule has 11 heteroatoms. The fourth-order valence-corrected chi connectivity index (χ4v) is 5.01. The van der Waals surface area contributed by atoms with Gasteiger partial charge in [-0.05, 0) is 34.7 Å². The maximum Gasteiger partial charge on any atom is 0.332 e. The minimum Gasteiger partial charge on any atom is -0.383 e. The molecule has 0 radical (unpaired) electrons. The summed E-state index contributed by atoms with van der Waals surface area (Å²) >= 11 is 0. The third-order valence-corrected chi connectivity index (χ3v) is 7.03. The third kappa shape index (κ3) is 5.24. The number of aromatic amines is 1. The molecule has 0 aliphatic carbocycles. The largest absolute Gasteiger partial charge is 0.383 e. The first kappa shape index (κ1) is 27.2. The van der Waals surface area contributed by atoms with Crippen LogP contribution < -0.4 is 11.2 Å². The van der Waals surface area contributed by atoms with Gasteiger partial charge in [-0.2, -0.15) is 5.21 Å². The second kappa shape index (κ2) is 12.2. The highest BCUT2D eigenvalue weighted by Gasteiger charge is 2.21. The molecule has 0 spiro atoms. The van der Waals surface area contributed by atoms with Crippen molar-refractivity contribution in [3.05, 3.63) is 80.8 Å². The van der Waals surface area contributed by atoms with Gasteiger partial charge in [-0.1, -0.05) is 68.8 Å². The monoisotopic (exact) mass is 542 g/mol. The number of hydrogen-bond acceptors (Lipinski definition) is 7. The van der Waals surface area contributed by atoms with Crippen LogP contribution in [0.25, 0.3) is 33.7 Å². The van der Waals surface area contributed by atoms with Crippen molar-refractivity contribution >= 4 is 11.2 Å². The van der Waals surface area contributed by atoms with Gasteiger partial charge < -0.3 is 9.30 Å². The van der Waals surface area contributed by atoms with Gasteiger partial charge in [0.2, 0.25) is 5.82 Å². The molecule has 3 heterocycles. The van der Waals surface area contributed by atoms with E-state index in [0.29, 0.717) is 56.1 Å². The molecule has 0 bridgehead atoms. The molecule has 0 amide bonds. The van der Waals surface area contributed by atoms with Crippen LogP contribution in [0.1, 0.15) is 44.5 Å². The van der Waals surface area contributed by atoms with E-state index in [0.717, 1.165) is 40.9 Å². The second-order valence-electron chi connectivity index (χ2n) is 9.75. The fourth-order valence-electron chi connectivity index (χ4n) is 5.01. The quantitative estimate of drug-likeness (QED) is 0.255. The van der Waals surface area contributed by atoms with E-state index in [1.54, 1.807) is 11.7 Å². The summed E-state index contributed by atoms with van der Waals surface area (Å²) in [4.78, 5) is 31.8. The Hall–Kier alpha value is -4.38. The standard InChI is InChI=1S/C29H34N8O3/c1-4-6-11-24-30-27-25(28(38)36(16-5-2)29(39)35(27)17-18-40-3)37(24)19-20-12-14-21(15-13-20)22-9-7-8-10-23(22)26-31-33-34-32-26/h7-10,12-15H,4-6,11,16-19H2,1-3H3,(H,31,32,33,34). The van der Waals surface area contributed by atoms with Crippen LogP contribution in [0.2, 0.25) is 0 Å². The molecule has 0 aliphatic heterocycles. The minimum absolute atomic E-state index is 0.295. The summed E-state index contributed by atoms with van der Waals surface area (Å²) in [5, 5.41) is 14.5. The first-order valence-corrected chi connectivity index (χ1v) is 13.7. The van der Waals surface area contributed by atoms with Gasteiger partial charge in [0.1, 0.15) is 5.82 Å². The van der Waals surface area contributed by atoms with E-state index in [4.69, 9.17) is 9.72 Å². The lowest BCUT2D eigenvalue weighted by molar-refractivity contribution is 0.186. The SMILES string of the molecule is CCCCc1nc2c(c(=O)n(CCC)c(=O)n2CCOC)n1Cc1ccc(-c2ccccc2-c2nn[nH]n2)cc1. The first-order chi connectivity index (χ1) is 19.6. The molecule has 5 rings (SSSR count). The van der Waals surface area contributed by atoms with Gasteiger partial charge in [0, 0.05) is 32.2 Å². The number of unbranched alkanes of at least 4 members (excludes halogenated alkanes) is 1. The van der Waals surface area contributed by atoms with Crippen LogP contribution >= 0.6 is 0 Å². The van der Waals surface area contributed by atoms with Gasteiger partial charge >= 0.3 is 5.69 Å². The third-order valence-electron chi connectivity index (χ3n) is 7.03. The number of nitrogens with one attached hydrogen (secondary N) is 1. The Labute approximate surface area is 231 Å². The van der Waals surface area contributed by atoms with Crippen molar-refractivity contribution in [1.82, 2.24) is 39.3 Å². The summed E-state index contributed by atoms with van der Waals surface area (Å²) in [6.07, 6.45) is 3.32. The lowest BCUT2D eigenvalue weighted by atomic mass is 9.98. The zero-order valence-corrected chi connectivity index (χ0v) is 23.1. The van der Waals surface area contributed by atoms with Gasteiger partial charge in [0.05, 0.1) is 13.2 Å². The first-order valence-electron chi connectivity index (χ1n) is 13.7. The summed E-state index contributed by atoms with van der Waals surface area (Å²) in [5.41, 5.74) is 4.18. The number of benzene rings is 2. The van der Waals surface area contributed by atoms with E-state index in [2.05, 4.69) is 51.8 Å². The molecular weight excluding hydrogens is 508 g/mol. The van der Waals surface area contributed by atoms with Crippen LogP contribution in [0.3, 0.4) is 0 Å². The highest BCUT2D eigenvalue weighted by atomic mass is 16.5. The highest BCUT2D eigenvalue weighted by molar-refractivity contribution is 5.80. The van der Waals surface area contributed by atoms with Crippen LogP contribution in [0.4, 0.5) is 0 Å². The predicted molar refractivity (Wildman–Crippen MR) is 153 cm³/mol. The van der Waals surface area contributed by atoms with Gasteiger partial charge in [0.25, 0.3) is 5.56 Å². The van der Waals surface area contributed by atoms with Crippen molar-refractivity contribution < 1.29 is 4.74 Å². The predicted octanol–water partition coefficient (Wildman–Crippen LogP) is 3.65. The van der Waals surface area contributed by atoms with Crippen molar-refractivity contribution in [2.24, 2.45) is 0 Å². The molecule has 40 heavy (non-hydrogen) atoms. The maximum absolute atomic E-state index is 13.7. The Bertz CT molecular complexity index is 1700. The fraction of sp³-hybridized carbons (Fsp3) is 0.379. The number of nitrogens with zero attached hydrogens (tertiary/aromatic N) is 7. The zero-order valence-electron chi connectivity index (χ0n) is 23.1. The van der Waals surface area contributed by atoms with E-state index >= 15 is 0 Å². The summed E-state index contributed by atoms with van der Waals surface area (Å²) < 4.78 is 10.2. The van der Waals surface area contributed by atoms with E-state index in [9.17, 15) is 9.59 Å². The van der Waals surface area contributed by atoms with Crippen LogP contribution in [-0.4, -0.2) is 53.0 Å². The molecule has 0 aliphatic rings. The van der Waals surface area contributed by atoms with E-state index in [1.807, 2.05) is 35.8 Å². The second-order valence-corrected chi connectivity index (χ2v) is 9.75. The number of hydrogen-bond donors (Lipinski definition) is 1. The number of H-pyrrole nitrogens is 1. The van der Waals surface area contributed by atoms with Crippen molar-refractivity contribution in [3.8, 4) is 22.5 Å². The molecular formula is C29H34N8O3. The van der Waals surface area contributed by atoms with E-state index in [-0.39, 0.29) is 11.2 Å². The number of aryl methyl sites for hydroxylation is 1. The number of fused-ring (bicyclic) bond motifs is 1. The van der Waals surface area contributed by atoms with E-state index in [1.165, 1.54) is 4.57 Å². The van der Waals surface area contributed by atoms with Gasteiger partial charge in [-0.25, -0.2) is 9.78 Å². The van der Waals surface area contributed by atoms with Gasteiger partial charge in [-0.3, -0.25) is 13.9 Å². The molecule has 0 saturated carbocycles. The van der Waals surface area contributed by atoms with E-state index < -0.39 is 0 Å². The van der Waals surface area contributed by atoms with Gasteiger partial charge in [0.15, 0.2) is 11.2 Å². The molecule has 3 aromatic heterocycles. The van der Waals surface area contributed by atoms with Crippen molar-refractivity contribution in [2.45, 2.75) is 59.2 Å². The summed E-state index contributed by atoms with van der Waals surface area (Å²) in [6, 6.07) is 16.2. The van der Waals surface area contributed by atoms with Crippen molar-refractivity contribution in [3.63, 3.8) is 0 Å². The Morgan fingerprint density at radius 1 is 0.900 bits per heavy atom. The van der Waals surface area contributed by atoms with Crippen LogP contribution in [-0.2, 0) is 30.8 Å². The summed E-state index contributed by atoms with van der Waals surface area (Å²) in [6.45, 7) is 5.58. The van der Waals surface area contributed by atoms with Crippen LogP contribution in [0.15, 0.2) is 58.1 Å². The average molecular weight is 543 g/mol. The zero-order chi connectivity index (χ0) is 28.1. The van der Waals surface area contributed by atoms with Crippen molar-refractivity contribution in [1.29, 1.82) is 0 Å². The molecule has 0 atom stereocenters. The number of rotatable bonds is 12. The van der Waals surface area contributed by atoms with Gasteiger partial charge in [-0.15, -0.1) is 10.2 Å². The lowest BCUT2D eigenvalue weighted by Gasteiger charge is -2.13. The number of methoxy groups -OCH3 is 1. The topological polar surface area (TPSA) is 126 Å². The Kier molecular flexibility index (Phi) is 8.30. The number of imidazole rings is 1. The smallest absolute Gasteiger partial charge is 0.332 e. The number of tetrazole rings is 1. The van der Waals surface area contributed by atoms with Crippen LogP contribution in [0, 0.1) is 0 Å². The average Bonchev–Trinajstić information content (AvgIpc) is 3.64. The Balaban J connectivity index is 1.59. The maximum atomic E-state index is 13.7. The molecule has 5 aromatic rings. The lowest BCUT2D eigenvalue weighted by Crippen LogP contribution is -2.41. The Morgan fingerprint density at radius 3 is 2.35 bits per heavy atom. The number of aromatic nitrogens is 8. The Morgan fingerprint density at radius 2 is 1.68 bits per heavy atom. The van der Waals surface area contributed by atoms with Crippen molar-refractivity contribution in [2.75, 3.05) is 13.7 Å². The summed E-state index contributed by atoms with van der Waals surface area (Å²) in [7, 11) is 1.60. The number of ether oxygens (including phenoxy) is 1. The highest BCUT2D eigenvalue weighted by Crippen LogP contribution is 2.30. The summed E-state index contributed by atoms with van der Waals surface area (Å²) in [5.74, 6) is 1.34. The molecule has 1 N–H and O–H groups in total. The molecule has 0 unspecified atom stereocenters. The normalized spacial score (nSPS) is 11.5. The molecule has 11 nitrogen and oxygen atoms in total. The molecule has 0 fully saturated rings. The molecule has 2 aromatic carbocycles. The molecule has 0 saturated heterocycles.